The maximum absolute atomic E-state index is 12.1. The van der Waals surface area contributed by atoms with Gasteiger partial charge >= 0.3 is 0 Å². The zero-order chi connectivity index (χ0) is 14.8. The van der Waals surface area contributed by atoms with Crippen molar-refractivity contribution in [3.05, 3.63) is 23.8 Å². The molecule has 1 amide bonds. The molecule has 7 nitrogen and oxygen atoms in total. The van der Waals surface area contributed by atoms with E-state index in [0.29, 0.717) is 19.8 Å². The number of carbonyl (C=O) groups is 1. The van der Waals surface area contributed by atoms with Gasteiger partial charge in [0.2, 0.25) is 15.9 Å². The van der Waals surface area contributed by atoms with E-state index in [1.807, 2.05) is 0 Å². The molecule has 0 saturated carbocycles. The zero-order valence-electron chi connectivity index (χ0n) is 10.8. The van der Waals surface area contributed by atoms with E-state index in [-0.39, 0.29) is 22.1 Å². The van der Waals surface area contributed by atoms with Gasteiger partial charge in [0, 0.05) is 18.7 Å². The van der Waals surface area contributed by atoms with Crippen LogP contribution in [0.5, 0.6) is 0 Å². The summed E-state index contributed by atoms with van der Waals surface area (Å²) in [5.74, 6) is -0.479. The van der Waals surface area contributed by atoms with E-state index in [4.69, 9.17) is 16.2 Å². The van der Waals surface area contributed by atoms with Crippen LogP contribution in [0.25, 0.3) is 0 Å². The molecule has 1 saturated heterocycles. The minimum atomic E-state index is -3.70. The lowest BCUT2D eigenvalue weighted by Crippen LogP contribution is -2.30. The number of nitrogens with one attached hydrogen (secondary N) is 1. The average Bonchev–Trinajstić information content (AvgIpc) is 2.89. The van der Waals surface area contributed by atoms with Gasteiger partial charge in [0.05, 0.1) is 12.3 Å². The second kappa shape index (κ2) is 5.78. The van der Waals surface area contributed by atoms with E-state index in [2.05, 4.69) is 4.72 Å². The number of benzene rings is 1. The molecule has 1 aromatic carbocycles. The topological polar surface area (TPSA) is 125 Å². The Balaban J connectivity index is 2.14. The van der Waals surface area contributed by atoms with Crippen LogP contribution in [0.3, 0.4) is 0 Å². The number of hydrogen-bond donors (Lipinski definition) is 3. The normalized spacial score (nSPS) is 19.1. The van der Waals surface area contributed by atoms with Gasteiger partial charge in [-0.2, -0.15) is 0 Å². The summed E-state index contributed by atoms with van der Waals surface area (Å²) in [6.45, 7) is 1.51. The first-order valence-electron chi connectivity index (χ1n) is 6.17. The van der Waals surface area contributed by atoms with Crippen molar-refractivity contribution < 1.29 is 17.9 Å². The second-order valence-electron chi connectivity index (χ2n) is 4.70. The number of carbonyl (C=O) groups excluding carboxylic acids is 1. The largest absolute Gasteiger partial charge is 0.398 e. The molecular weight excluding hydrogens is 282 g/mol. The second-order valence-corrected chi connectivity index (χ2v) is 6.43. The van der Waals surface area contributed by atoms with Gasteiger partial charge < -0.3 is 16.2 Å². The summed E-state index contributed by atoms with van der Waals surface area (Å²) < 4.78 is 32.0. The fourth-order valence-corrected chi connectivity index (χ4v) is 3.22. The third-order valence-electron chi connectivity index (χ3n) is 3.17. The zero-order valence-corrected chi connectivity index (χ0v) is 11.7. The Kier molecular flexibility index (Phi) is 4.26. The van der Waals surface area contributed by atoms with Crippen molar-refractivity contribution in [2.75, 3.05) is 25.5 Å². The molecule has 1 aliphatic heterocycles. The molecule has 1 aromatic rings. The quantitative estimate of drug-likeness (QED) is 0.643. The van der Waals surface area contributed by atoms with Crippen LogP contribution in [-0.4, -0.2) is 34.1 Å². The fourth-order valence-electron chi connectivity index (χ4n) is 2.00. The Morgan fingerprint density at radius 1 is 1.45 bits per heavy atom. The summed E-state index contributed by atoms with van der Waals surface area (Å²) in [6.07, 6.45) is 0.832. The van der Waals surface area contributed by atoms with Crippen molar-refractivity contribution >= 4 is 21.6 Å². The number of amides is 1. The summed E-state index contributed by atoms with van der Waals surface area (Å²) in [7, 11) is -3.70. The lowest BCUT2D eigenvalue weighted by atomic mass is 10.1. The van der Waals surface area contributed by atoms with E-state index in [0.717, 1.165) is 6.42 Å². The smallest absolute Gasteiger partial charge is 0.248 e. The average molecular weight is 299 g/mol. The SMILES string of the molecule is NC(=O)c1ccc(S(=O)(=O)NCC2CCOC2)c(N)c1. The van der Waals surface area contributed by atoms with Crippen LogP contribution in [-0.2, 0) is 14.8 Å². The Morgan fingerprint density at radius 3 is 2.75 bits per heavy atom. The molecule has 1 aliphatic rings. The first kappa shape index (κ1) is 14.8. The highest BCUT2D eigenvalue weighted by Gasteiger charge is 2.22. The molecule has 0 aliphatic carbocycles. The maximum atomic E-state index is 12.1. The highest BCUT2D eigenvalue weighted by atomic mass is 32.2. The van der Waals surface area contributed by atoms with Crippen LogP contribution in [0.1, 0.15) is 16.8 Å². The minimum absolute atomic E-state index is 0.00327. The third kappa shape index (κ3) is 3.27. The first-order valence-corrected chi connectivity index (χ1v) is 7.65. The number of hydrogen-bond acceptors (Lipinski definition) is 5. The van der Waals surface area contributed by atoms with Crippen LogP contribution in [0, 0.1) is 5.92 Å². The van der Waals surface area contributed by atoms with Crippen molar-refractivity contribution in [3.63, 3.8) is 0 Å². The van der Waals surface area contributed by atoms with Crippen LogP contribution < -0.4 is 16.2 Å². The number of anilines is 1. The minimum Gasteiger partial charge on any atom is -0.398 e. The van der Waals surface area contributed by atoms with Crippen molar-refractivity contribution in [2.24, 2.45) is 11.7 Å². The van der Waals surface area contributed by atoms with Gasteiger partial charge in [-0.1, -0.05) is 0 Å². The summed E-state index contributed by atoms with van der Waals surface area (Å²) in [5, 5.41) is 0. The van der Waals surface area contributed by atoms with Gasteiger partial charge in [0.25, 0.3) is 0 Å². The van der Waals surface area contributed by atoms with Crippen LogP contribution >= 0.6 is 0 Å². The predicted octanol–water partition coefficient (Wildman–Crippen LogP) is -0.317. The van der Waals surface area contributed by atoms with Gasteiger partial charge in [0.1, 0.15) is 4.90 Å². The summed E-state index contributed by atoms with van der Waals surface area (Å²) in [4.78, 5) is 10.9. The molecule has 0 spiro atoms. The Labute approximate surface area is 117 Å². The molecule has 8 heteroatoms. The Morgan fingerprint density at radius 2 is 2.20 bits per heavy atom. The van der Waals surface area contributed by atoms with E-state index >= 15 is 0 Å². The van der Waals surface area contributed by atoms with Gasteiger partial charge in [-0.05, 0) is 30.5 Å². The predicted molar refractivity (Wildman–Crippen MR) is 73.5 cm³/mol. The van der Waals surface area contributed by atoms with Gasteiger partial charge in [-0.3, -0.25) is 4.79 Å². The van der Waals surface area contributed by atoms with Crippen molar-refractivity contribution in [3.8, 4) is 0 Å². The first-order chi connectivity index (χ1) is 9.40. The van der Waals surface area contributed by atoms with E-state index in [1.165, 1.54) is 18.2 Å². The van der Waals surface area contributed by atoms with E-state index in [9.17, 15) is 13.2 Å². The van der Waals surface area contributed by atoms with Crippen molar-refractivity contribution in [1.29, 1.82) is 0 Å². The summed E-state index contributed by atoms with van der Waals surface area (Å²) in [5.41, 5.74) is 11.0. The van der Waals surface area contributed by atoms with Crippen molar-refractivity contribution in [1.82, 2.24) is 4.72 Å². The molecule has 1 heterocycles. The molecule has 5 N–H and O–H groups in total. The standard InChI is InChI=1S/C12H17N3O4S/c13-10-5-9(12(14)16)1-2-11(10)20(17,18)15-6-8-3-4-19-7-8/h1-2,5,8,15H,3-4,6-7,13H2,(H2,14,16). The fraction of sp³-hybridized carbons (Fsp3) is 0.417. The van der Waals surface area contributed by atoms with Crippen LogP contribution in [0.15, 0.2) is 23.1 Å². The van der Waals surface area contributed by atoms with Gasteiger partial charge in [0.15, 0.2) is 0 Å². The Bertz CT molecular complexity index is 609. The molecule has 1 unspecified atom stereocenters. The highest BCUT2D eigenvalue weighted by molar-refractivity contribution is 7.89. The van der Waals surface area contributed by atoms with Crippen LogP contribution in [0.2, 0.25) is 0 Å². The molecule has 1 fully saturated rings. The van der Waals surface area contributed by atoms with E-state index < -0.39 is 15.9 Å². The highest BCUT2D eigenvalue weighted by Crippen LogP contribution is 2.20. The van der Waals surface area contributed by atoms with E-state index in [1.54, 1.807) is 0 Å². The lowest BCUT2D eigenvalue weighted by molar-refractivity contribution is 0.1000. The number of sulfonamides is 1. The number of rotatable bonds is 5. The molecule has 0 bridgehead atoms. The maximum Gasteiger partial charge on any atom is 0.248 e. The lowest BCUT2D eigenvalue weighted by Gasteiger charge is -2.12. The van der Waals surface area contributed by atoms with Gasteiger partial charge in [-0.15, -0.1) is 0 Å². The molecule has 110 valence electrons. The molecule has 2 rings (SSSR count). The number of ether oxygens (including phenoxy) is 1. The molecule has 0 radical (unpaired) electrons. The Hall–Kier alpha value is -1.64. The van der Waals surface area contributed by atoms with Crippen LogP contribution in [0.4, 0.5) is 5.69 Å². The van der Waals surface area contributed by atoms with Gasteiger partial charge in [-0.25, -0.2) is 13.1 Å². The summed E-state index contributed by atoms with van der Waals surface area (Å²) in [6, 6.07) is 3.88. The summed E-state index contributed by atoms with van der Waals surface area (Å²) >= 11 is 0. The van der Waals surface area contributed by atoms with Crippen molar-refractivity contribution in [2.45, 2.75) is 11.3 Å². The molecule has 0 aromatic heterocycles. The third-order valence-corrected chi connectivity index (χ3v) is 4.67. The monoisotopic (exact) mass is 299 g/mol. The molecule has 20 heavy (non-hydrogen) atoms. The number of nitrogens with two attached hydrogens (primary N) is 2. The molecular formula is C12H17N3O4S. The molecule has 1 atom stereocenters. The number of primary amides is 1. The number of nitrogen functional groups attached to an aromatic ring is 1.